The van der Waals surface area contributed by atoms with Crippen LogP contribution < -0.4 is 5.32 Å². The Bertz CT molecular complexity index is 589. The maximum absolute atomic E-state index is 5.19. The molecule has 0 aliphatic carbocycles. The Morgan fingerprint density at radius 3 is 2.81 bits per heavy atom. The molecule has 0 aliphatic heterocycles. The second-order valence-electron chi connectivity index (χ2n) is 4.83. The zero-order valence-corrected chi connectivity index (χ0v) is 14.0. The van der Waals surface area contributed by atoms with Crippen LogP contribution in [0.5, 0.6) is 0 Å². The number of aromatic nitrogens is 2. The number of methoxy groups -OCH3 is 1. The van der Waals surface area contributed by atoms with Crippen LogP contribution in [0.4, 0.5) is 5.82 Å². The third-order valence-electron chi connectivity index (χ3n) is 2.93. The van der Waals surface area contributed by atoms with E-state index in [0.717, 1.165) is 34.8 Å². The number of anilines is 1. The van der Waals surface area contributed by atoms with E-state index in [4.69, 9.17) is 4.74 Å². The van der Waals surface area contributed by atoms with E-state index < -0.39 is 0 Å². The molecular weight excluding hydrogens is 330 g/mol. The van der Waals surface area contributed by atoms with Gasteiger partial charge < -0.3 is 10.1 Å². The number of rotatable bonds is 7. The number of hydrogen-bond acceptors (Lipinski definition) is 4. The molecule has 5 heteroatoms. The number of halogens is 1. The van der Waals surface area contributed by atoms with E-state index in [1.165, 1.54) is 5.56 Å². The molecule has 0 saturated heterocycles. The summed E-state index contributed by atoms with van der Waals surface area (Å²) in [4.78, 5) is 9.15. The van der Waals surface area contributed by atoms with Crippen molar-refractivity contribution in [2.45, 2.75) is 26.4 Å². The van der Waals surface area contributed by atoms with Crippen molar-refractivity contribution in [2.75, 3.05) is 19.0 Å². The average molecular weight is 350 g/mol. The van der Waals surface area contributed by atoms with Gasteiger partial charge in [0.1, 0.15) is 11.6 Å². The highest BCUT2D eigenvalue weighted by molar-refractivity contribution is 9.10. The third-order valence-corrected chi connectivity index (χ3v) is 3.42. The molecule has 0 spiro atoms. The number of ether oxygens (including phenoxy) is 1. The van der Waals surface area contributed by atoms with Crippen LogP contribution in [0.15, 0.2) is 34.8 Å². The molecule has 1 N–H and O–H groups in total. The Labute approximate surface area is 134 Å². The highest BCUT2D eigenvalue weighted by Crippen LogP contribution is 2.15. The van der Waals surface area contributed by atoms with Gasteiger partial charge in [-0.2, -0.15) is 0 Å². The maximum atomic E-state index is 5.19. The lowest BCUT2D eigenvalue weighted by molar-refractivity contribution is 0.181. The van der Waals surface area contributed by atoms with Crippen LogP contribution in [0, 0.1) is 0 Å². The predicted octanol–water partition coefficient (Wildman–Crippen LogP) is 3.80. The summed E-state index contributed by atoms with van der Waals surface area (Å²) in [6.07, 6.45) is 1.77. The van der Waals surface area contributed by atoms with Gasteiger partial charge in [-0.05, 0) is 24.1 Å². The second-order valence-corrected chi connectivity index (χ2v) is 5.74. The molecule has 0 bridgehead atoms. The van der Waals surface area contributed by atoms with Crippen molar-refractivity contribution in [3.8, 4) is 0 Å². The van der Waals surface area contributed by atoms with E-state index in [1.807, 2.05) is 18.2 Å². The van der Waals surface area contributed by atoms with Gasteiger partial charge >= 0.3 is 0 Å². The Morgan fingerprint density at radius 1 is 1.24 bits per heavy atom. The van der Waals surface area contributed by atoms with Gasteiger partial charge in [-0.3, -0.25) is 0 Å². The van der Waals surface area contributed by atoms with E-state index in [2.05, 4.69) is 50.3 Å². The van der Waals surface area contributed by atoms with Crippen molar-refractivity contribution >= 4 is 21.7 Å². The molecular formula is C16H20BrN3O. The second kappa shape index (κ2) is 8.10. The maximum Gasteiger partial charge on any atom is 0.135 e. The Kier molecular flexibility index (Phi) is 6.14. The Hall–Kier alpha value is -1.46. The van der Waals surface area contributed by atoms with Crippen molar-refractivity contribution in [1.29, 1.82) is 0 Å². The van der Waals surface area contributed by atoms with Gasteiger partial charge in [-0.1, -0.05) is 35.0 Å². The van der Waals surface area contributed by atoms with Crippen molar-refractivity contribution in [1.82, 2.24) is 9.97 Å². The lowest BCUT2D eigenvalue weighted by atomic mass is 10.1. The lowest BCUT2D eigenvalue weighted by Crippen LogP contribution is -2.08. The zero-order valence-electron chi connectivity index (χ0n) is 12.4. The van der Waals surface area contributed by atoms with E-state index in [0.29, 0.717) is 13.0 Å². The topological polar surface area (TPSA) is 47.0 Å². The minimum atomic E-state index is 0.495. The smallest absolute Gasteiger partial charge is 0.135 e. The van der Waals surface area contributed by atoms with Gasteiger partial charge in [0.25, 0.3) is 0 Å². The summed E-state index contributed by atoms with van der Waals surface area (Å²) in [6.45, 7) is 3.53. The Morgan fingerprint density at radius 2 is 2.10 bits per heavy atom. The number of benzene rings is 1. The van der Waals surface area contributed by atoms with Crippen molar-refractivity contribution in [2.24, 2.45) is 0 Å². The van der Waals surface area contributed by atoms with Gasteiger partial charge in [-0.15, -0.1) is 0 Å². The first-order valence-electron chi connectivity index (χ1n) is 7.05. The van der Waals surface area contributed by atoms with Crippen LogP contribution in [-0.2, 0) is 17.8 Å². The molecule has 2 aromatic rings. The van der Waals surface area contributed by atoms with Crippen LogP contribution in [0.1, 0.15) is 30.4 Å². The van der Waals surface area contributed by atoms with Gasteiger partial charge in [0, 0.05) is 30.6 Å². The van der Waals surface area contributed by atoms with Crippen LogP contribution in [0.2, 0.25) is 0 Å². The normalized spacial score (nSPS) is 10.6. The molecule has 0 aliphatic rings. The highest BCUT2D eigenvalue weighted by Gasteiger charge is 2.06. The monoisotopic (exact) mass is 349 g/mol. The first kappa shape index (κ1) is 15.9. The summed E-state index contributed by atoms with van der Waals surface area (Å²) >= 11 is 3.49. The highest BCUT2D eigenvalue weighted by atomic mass is 79.9. The fraction of sp³-hybridized carbons (Fsp3) is 0.375. The number of hydrogen-bond donors (Lipinski definition) is 1. The van der Waals surface area contributed by atoms with Crippen LogP contribution >= 0.6 is 15.9 Å². The summed E-state index contributed by atoms with van der Waals surface area (Å²) in [5, 5.41) is 3.31. The Balaban J connectivity index is 2.22. The quantitative estimate of drug-likeness (QED) is 0.825. The van der Waals surface area contributed by atoms with Crippen molar-refractivity contribution < 1.29 is 4.74 Å². The van der Waals surface area contributed by atoms with Crippen LogP contribution in [0.3, 0.4) is 0 Å². The molecule has 0 atom stereocenters. The van der Waals surface area contributed by atoms with Gasteiger partial charge in [0.15, 0.2) is 0 Å². The molecule has 1 aromatic heterocycles. The van der Waals surface area contributed by atoms with Gasteiger partial charge in [0.05, 0.1) is 12.3 Å². The minimum absolute atomic E-state index is 0.495. The fourth-order valence-corrected chi connectivity index (χ4v) is 2.47. The molecule has 2 rings (SSSR count). The largest absolute Gasteiger partial charge is 0.378 e. The number of nitrogens with one attached hydrogen (secondary N) is 1. The molecule has 0 saturated carbocycles. The van der Waals surface area contributed by atoms with E-state index in [9.17, 15) is 0 Å². The molecule has 1 heterocycles. The summed E-state index contributed by atoms with van der Waals surface area (Å²) in [6, 6.07) is 10.2. The summed E-state index contributed by atoms with van der Waals surface area (Å²) in [7, 11) is 1.68. The standard InChI is InChI=1S/C16H20BrN3O/c1-3-7-18-15-10-14(11-21-2)19-16(20-15)9-12-5-4-6-13(17)8-12/h4-6,8,10H,3,7,9,11H2,1-2H3,(H,18,19,20). The predicted molar refractivity (Wildman–Crippen MR) is 88.5 cm³/mol. The molecule has 21 heavy (non-hydrogen) atoms. The average Bonchev–Trinajstić information content (AvgIpc) is 2.45. The molecule has 0 amide bonds. The zero-order chi connectivity index (χ0) is 15.1. The van der Waals surface area contributed by atoms with Gasteiger partial charge in [0.2, 0.25) is 0 Å². The van der Waals surface area contributed by atoms with Crippen molar-refractivity contribution in [3.63, 3.8) is 0 Å². The lowest BCUT2D eigenvalue weighted by Gasteiger charge is -2.09. The third kappa shape index (κ3) is 5.10. The molecule has 112 valence electrons. The number of nitrogens with zero attached hydrogens (tertiary/aromatic N) is 2. The molecule has 0 fully saturated rings. The molecule has 0 radical (unpaired) electrons. The molecule has 0 unspecified atom stereocenters. The molecule has 1 aromatic carbocycles. The fourth-order valence-electron chi connectivity index (χ4n) is 2.03. The minimum Gasteiger partial charge on any atom is -0.378 e. The summed E-state index contributed by atoms with van der Waals surface area (Å²) in [5.74, 6) is 1.67. The first-order chi connectivity index (χ1) is 10.2. The van der Waals surface area contributed by atoms with E-state index >= 15 is 0 Å². The summed E-state index contributed by atoms with van der Waals surface area (Å²) < 4.78 is 6.25. The van der Waals surface area contributed by atoms with Crippen molar-refractivity contribution in [3.05, 3.63) is 51.9 Å². The van der Waals surface area contributed by atoms with E-state index in [-0.39, 0.29) is 0 Å². The van der Waals surface area contributed by atoms with Crippen LogP contribution in [-0.4, -0.2) is 23.6 Å². The first-order valence-corrected chi connectivity index (χ1v) is 7.84. The molecule has 4 nitrogen and oxygen atoms in total. The summed E-state index contributed by atoms with van der Waals surface area (Å²) in [5.41, 5.74) is 2.08. The van der Waals surface area contributed by atoms with Gasteiger partial charge in [-0.25, -0.2) is 9.97 Å². The SMILES string of the molecule is CCCNc1cc(COC)nc(Cc2cccc(Br)c2)n1. The van der Waals surface area contributed by atoms with E-state index in [1.54, 1.807) is 7.11 Å². The van der Waals surface area contributed by atoms with Crippen LogP contribution in [0.25, 0.3) is 0 Å².